The molecule has 1 aliphatic carbocycles. The van der Waals surface area contributed by atoms with Gasteiger partial charge < -0.3 is 14.5 Å². The molecule has 2 N–H and O–H groups in total. The molecule has 134 valence electrons. The number of H-pyrrole nitrogens is 1. The van der Waals surface area contributed by atoms with Crippen molar-refractivity contribution < 1.29 is 13.9 Å². The zero-order valence-corrected chi connectivity index (χ0v) is 14.3. The molecule has 4 rings (SSSR count). The number of hydrogen-bond acceptors (Lipinski definition) is 5. The summed E-state index contributed by atoms with van der Waals surface area (Å²) < 4.78 is 11.0. The molecule has 1 saturated heterocycles. The molecule has 0 bridgehead atoms. The standard InChI is InChI=1S/C18H24N4O3/c23-18(16-17(25-11-19-16)14-8-5-9-24-14)20-15-10-13(21-22-15)12-6-3-1-2-4-7-12/h10-12,14H,1-9H2,(H2,20,21,22,23)/t14-/m1/s1. The van der Waals surface area contributed by atoms with E-state index in [9.17, 15) is 4.79 Å². The second kappa shape index (κ2) is 7.39. The molecule has 1 amide bonds. The van der Waals surface area contributed by atoms with Crippen LogP contribution in [-0.4, -0.2) is 27.7 Å². The molecule has 2 aromatic heterocycles. The first kappa shape index (κ1) is 16.3. The number of nitrogens with zero attached hydrogens (tertiary/aromatic N) is 2. The summed E-state index contributed by atoms with van der Waals surface area (Å²) in [7, 11) is 0. The van der Waals surface area contributed by atoms with Gasteiger partial charge >= 0.3 is 0 Å². The van der Waals surface area contributed by atoms with E-state index in [1.54, 1.807) is 0 Å². The van der Waals surface area contributed by atoms with Crippen molar-refractivity contribution in [1.29, 1.82) is 0 Å². The van der Waals surface area contributed by atoms with Gasteiger partial charge in [0.2, 0.25) is 0 Å². The Kier molecular flexibility index (Phi) is 4.83. The van der Waals surface area contributed by atoms with Gasteiger partial charge in [-0.2, -0.15) is 5.10 Å². The van der Waals surface area contributed by atoms with E-state index in [4.69, 9.17) is 9.15 Å². The molecule has 1 saturated carbocycles. The molecular weight excluding hydrogens is 320 g/mol. The second-order valence-corrected chi connectivity index (χ2v) is 6.92. The number of nitrogens with one attached hydrogen (secondary N) is 2. The maximum atomic E-state index is 12.6. The molecule has 1 atom stereocenters. The first-order valence-corrected chi connectivity index (χ1v) is 9.23. The number of aromatic amines is 1. The third-order valence-electron chi connectivity index (χ3n) is 5.17. The van der Waals surface area contributed by atoms with Crippen molar-refractivity contribution in [3.63, 3.8) is 0 Å². The Morgan fingerprint density at radius 2 is 2.00 bits per heavy atom. The SMILES string of the molecule is O=C(Nc1cc(C2CCCCCC2)[nH]n1)c1ncoc1[C@H]1CCCO1. The number of ether oxygens (including phenoxy) is 1. The average molecular weight is 344 g/mol. The topological polar surface area (TPSA) is 93.0 Å². The average Bonchev–Trinajstić information content (AvgIpc) is 3.33. The molecule has 3 heterocycles. The minimum Gasteiger partial charge on any atom is -0.445 e. The van der Waals surface area contributed by atoms with E-state index in [0.29, 0.717) is 24.1 Å². The fraction of sp³-hybridized carbons (Fsp3) is 0.611. The first-order chi connectivity index (χ1) is 12.3. The lowest BCUT2D eigenvalue weighted by molar-refractivity contribution is 0.0889. The van der Waals surface area contributed by atoms with Crippen molar-refractivity contribution >= 4 is 11.7 Å². The minimum absolute atomic E-state index is 0.177. The van der Waals surface area contributed by atoms with Gasteiger partial charge in [0.1, 0.15) is 6.10 Å². The molecule has 0 unspecified atom stereocenters. The molecule has 1 aliphatic heterocycles. The van der Waals surface area contributed by atoms with Gasteiger partial charge in [-0.15, -0.1) is 0 Å². The van der Waals surface area contributed by atoms with Crippen molar-refractivity contribution in [2.75, 3.05) is 11.9 Å². The van der Waals surface area contributed by atoms with Gasteiger partial charge in [0.05, 0.1) is 0 Å². The van der Waals surface area contributed by atoms with Crippen LogP contribution < -0.4 is 5.32 Å². The van der Waals surface area contributed by atoms with E-state index in [0.717, 1.165) is 18.5 Å². The molecule has 2 aliphatic rings. The summed E-state index contributed by atoms with van der Waals surface area (Å²) in [5.41, 5.74) is 1.39. The zero-order valence-electron chi connectivity index (χ0n) is 14.3. The highest BCUT2D eigenvalue weighted by atomic mass is 16.5. The predicted molar refractivity (Wildman–Crippen MR) is 91.4 cm³/mol. The molecule has 0 aromatic carbocycles. The number of oxazole rings is 1. The van der Waals surface area contributed by atoms with Gasteiger partial charge in [0.25, 0.3) is 5.91 Å². The monoisotopic (exact) mass is 344 g/mol. The van der Waals surface area contributed by atoms with Crippen molar-refractivity contribution in [3.8, 4) is 0 Å². The quantitative estimate of drug-likeness (QED) is 0.820. The number of amides is 1. The smallest absolute Gasteiger partial charge is 0.279 e. The van der Waals surface area contributed by atoms with Gasteiger partial charge in [-0.1, -0.05) is 25.7 Å². The fourth-order valence-corrected chi connectivity index (χ4v) is 3.81. The number of aromatic nitrogens is 3. The highest BCUT2D eigenvalue weighted by Gasteiger charge is 2.28. The van der Waals surface area contributed by atoms with Crippen molar-refractivity contribution in [2.45, 2.75) is 63.4 Å². The van der Waals surface area contributed by atoms with Crippen molar-refractivity contribution in [2.24, 2.45) is 0 Å². The Balaban J connectivity index is 1.44. The zero-order chi connectivity index (χ0) is 17.1. The number of hydrogen-bond donors (Lipinski definition) is 2. The van der Waals surface area contributed by atoms with Crippen LogP contribution in [-0.2, 0) is 4.74 Å². The van der Waals surface area contributed by atoms with Crippen LogP contribution in [0.15, 0.2) is 16.9 Å². The largest absolute Gasteiger partial charge is 0.445 e. The van der Waals surface area contributed by atoms with E-state index in [1.165, 1.54) is 44.9 Å². The summed E-state index contributed by atoms with van der Waals surface area (Å²) in [6, 6.07) is 1.94. The lowest BCUT2D eigenvalue weighted by atomic mass is 9.97. The minimum atomic E-state index is -0.307. The fourth-order valence-electron chi connectivity index (χ4n) is 3.81. The molecule has 7 nitrogen and oxygen atoms in total. The molecule has 7 heteroatoms. The number of carbonyl (C=O) groups is 1. The van der Waals surface area contributed by atoms with E-state index in [-0.39, 0.29) is 17.7 Å². The predicted octanol–water partition coefficient (Wildman–Crippen LogP) is 3.94. The van der Waals surface area contributed by atoms with Crippen LogP contribution in [0.2, 0.25) is 0 Å². The summed E-state index contributed by atoms with van der Waals surface area (Å²) in [6.07, 6.45) is 10.4. The number of carbonyl (C=O) groups excluding carboxylic acids is 1. The van der Waals surface area contributed by atoms with Crippen LogP contribution in [0.1, 0.15) is 85.3 Å². The molecule has 0 radical (unpaired) electrons. The van der Waals surface area contributed by atoms with Crippen LogP contribution in [0.25, 0.3) is 0 Å². The highest BCUT2D eigenvalue weighted by molar-refractivity contribution is 6.03. The van der Waals surface area contributed by atoms with Gasteiger partial charge in [-0.05, 0) is 25.7 Å². The van der Waals surface area contributed by atoms with Gasteiger partial charge in [0.15, 0.2) is 23.7 Å². The normalized spacial score (nSPS) is 22.0. The number of rotatable bonds is 4. The Hall–Kier alpha value is -2.15. The first-order valence-electron chi connectivity index (χ1n) is 9.23. The second-order valence-electron chi connectivity index (χ2n) is 6.92. The Morgan fingerprint density at radius 3 is 2.76 bits per heavy atom. The van der Waals surface area contributed by atoms with Gasteiger partial charge in [0, 0.05) is 24.3 Å². The lowest BCUT2D eigenvalue weighted by Crippen LogP contribution is -2.15. The summed E-state index contributed by atoms with van der Waals surface area (Å²) >= 11 is 0. The van der Waals surface area contributed by atoms with Crippen LogP contribution in [0.3, 0.4) is 0 Å². The molecule has 2 fully saturated rings. The summed E-state index contributed by atoms with van der Waals surface area (Å²) in [5.74, 6) is 1.24. The molecule has 0 spiro atoms. The van der Waals surface area contributed by atoms with Crippen LogP contribution in [0.4, 0.5) is 5.82 Å². The molecule has 2 aromatic rings. The van der Waals surface area contributed by atoms with E-state index >= 15 is 0 Å². The number of anilines is 1. The van der Waals surface area contributed by atoms with Crippen LogP contribution >= 0.6 is 0 Å². The highest BCUT2D eigenvalue weighted by Crippen LogP contribution is 2.32. The maximum Gasteiger partial charge on any atom is 0.279 e. The van der Waals surface area contributed by atoms with Gasteiger partial charge in [-0.3, -0.25) is 9.89 Å². The van der Waals surface area contributed by atoms with E-state index in [1.807, 2.05) is 6.07 Å². The van der Waals surface area contributed by atoms with E-state index < -0.39 is 0 Å². The Bertz CT molecular complexity index is 709. The van der Waals surface area contributed by atoms with Crippen molar-refractivity contribution in [3.05, 3.63) is 29.6 Å². The Labute approximate surface area is 146 Å². The third-order valence-corrected chi connectivity index (χ3v) is 5.17. The summed E-state index contributed by atoms with van der Waals surface area (Å²) in [4.78, 5) is 16.6. The summed E-state index contributed by atoms with van der Waals surface area (Å²) in [5, 5.41) is 10.2. The summed E-state index contributed by atoms with van der Waals surface area (Å²) in [6.45, 7) is 0.691. The lowest BCUT2D eigenvalue weighted by Gasteiger charge is -2.10. The third kappa shape index (κ3) is 3.61. The Morgan fingerprint density at radius 1 is 1.16 bits per heavy atom. The maximum absolute atomic E-state index is 12.6. The molecular formula is C18H24N4O3. The van der Waals surface area contributed by atoms with Crippen LogP contribution in [0, 0.1) is 0 Å². The van der Waals surface area contributed by atoms with E-state index in [2.05, 4.69) is 20.5 Å². The molecule has 25 heavy (non-hydrogen) atoms. The van der Waals surface area contributed by atoms with Gasteiger partial charge in [-0.25, -0.2) is 4.98 Å². The van der Waals surface area contributed by atoms with Crippen LogP contribution in [0.5, 0.6) is 0 Å². The van der Waals surface area contributed by atoms with Crippen molar-refractivity contribution in [1.82, 2.24) is 15.2 Å².